The molecule has 1 aliphatic heterocycles. The Morgan fingerprint density at radius 1 is 1.27 bits per heavy atom. The van der Waals surface area contributed by atoms with E-state index in [1.807, 2.05) is 12.1 Å². The monoisotopic (exact) mass is 420 g/mol. The number of para-hydroxylation sites is 2. The summed E-state index contributed by atoms with van der Waals surface area (Å²) in [5, 5.41) is 3.97. The highest BCUT2D eigenvalue weighted by Gasteiger charge is 2.27. The molecule has 0 bridgehead atoms. The molecular formula is C18H17BrN2O5. The number of hydrazone groups is 1. The van der Waals surface area contributed by atoms with Crippen LogP contribution in [0.4, 0.5) is 0 Å². The molecule has 26 heavy (non-hydrogen) atoms. The lowest BCUT2D eigenvalue weighted by Gasteiger charge is -2.24. The van der Waals surface area contributed by atoms with Crippen LogP contribution in [0.3, 0.4) is 0 Å². The molecule has 1 heterocycles. The topological polar surface area (TPSA) is 78.4 Å². The first-order valence-electron chi connectivity index (χ1n) is 7.75. The number of nitrogens with zero attached hydrogens (tertiary/aromatic N) is 1. The quantitative estimate of drug-likeness (QED) is 0.594. The molecule has 0 unspecified atom stereocenters. The van der Waals surface area contributed by atoms with E-state index in [9.17, 15) is 4.79 Å². The van der Waals surface area contributed by atoms with Crippen LogP contribution in [0.1, 0.15) is 5.56 Å². The molecule has 0 spiro atoms. The lowest BCUT2D eigenvalue weighted by atomic mass is 10.2. The van der Waals surface area contributed by atoms with Crippen molar-refractivity contribution in [1.29, 1.82) is 0 Å². The second-order valence-electron chi connectivity index (χ2n) is 5.34. The third-order valence-electron chi connectivity index (χ3n) is 3.65. The van der Waals surface area contributed by atoms with Crippen LogP contribution >= 0.6 is 15.9 Å². The number of benzene rings is 2. The molecule has 0 aromatic heterocycles. The van der Waals surface area contributed by atoms with Crippen molar-refractivity contribution in [1.82, 2.24) is 5.43 Å². The second kappa shape index (κ2) is 8.09. The van der Waals surface area contributed by atoms with Crippen LogP contribution in [-0.2, 0) is 4.79 Å². The summed E-state index contributed by atoms with van der Waals surface area (Å²) in [6.07, 6.45) is 0.738. The van der Waals surface area contributed by atoms with E-state index in [4.69, 9.17) is 18.9 Å². The zero-order valence-electron chi connectivity index (χ0n) is 14.2. The molecule has 0 saturated carbocycles. The summed E-state index contributed by atoms with van der Waals surface area (Å²) in [7, 11) is 3.10. The minimum absolute atomic E-state index is 0.125. The molecule has 7 nitrogen and oxygen atoms in total. The fraction of sp³-hybridized carbons (Fsp3) is 0.222. The highest BCUT2D eigenvalue weighted by molar-refractivity contribution is 9.10. The van der Waals surface area contributed by atoms with E-state index >= 15 is 0 Å². The van der Waals surface area contributed by atoms with Crippen molar-refractivity contribution in [3.63, 3.8) is 0 Å². The summed E-state index contributed by atoms with van der Waals surface area (Å²) in [6.45, 7) is 0.125. The third-order valence-corrected chi connectivity index (χ3v) is 4.23. The van der Waals surface area contributed by atoms with Gasteiger partial charge in [-0.05, 0) is 45.8 Å². The summed E-state index contributed by atoms with van der Waals surface area (Å²) >= 11 is 3.41. The number of halogens is 1. The van der Waals surface area contributed by atoms with Crippen molar-refractivity contribution >= 4 is 28.1 Å². The number of nitrogens with one attached hydrogen (secondary N) is 1. The zero-order valence-corrected chi connectivity index (χ0v) is 15.8. The summed E-state index contributed by atoms with van der Waals surface area (Å²) in [5.74, 6) is 1.90. The van der Waals surface area contributed by atoms with Gasteiger partial charge >= 0.3 is 0 Å². The van der Waals surface area contributed by atoms with E-state index in [-0.39, 0.29) is 6.61 Å². The van der Waals surface area contributed by atoms with E-state index in [1.54, 1.807) is 38.5 Å². The van der Waals surface area contributed by atoms with Gasteiger partial charge in [-0.25, -0.2) is 5.43 Å². The molecule has 3 rings (SSSR count). The van der Waals surface area contributed by atoms with E-state index in [0.29, 0.717) is 27.5 Å². The molecule has 1 amide bonds. The number of carbonyl (C=O) groups excluding carboxylic acids is 1. The first-order valence-corrected chi connectivity index (χ1v) is 8.54. The average Bonchev–Trinajstić information content (AvgIpc) is 2.67. The Morgan fingerprint density at radius 3 is 2.77 bits per heavy atom. The highest BCUT2D eigenvalue weighted by Crippen LogP contribution is 2.35. The predicted molar refractivity (Wildman–Crippen MR) is 99.3 cm³/mol. The molecule has 2 aromatic rings. The lowest BCUT2D eigenvalue weighted by molar-refractivity contribution is -0.130. The fourth-order valence-corrected chi connectivity index (χ4v) is 3.03. The Hall–Kier alpha value is -2.74. The molecule has 8 heteroatoms. The number of hydrogen-bond acceptors (Lipinski definition) is 6. The Labute approximate surface area is 159 Å². The maximum absolute atomic E-state index is 12.2. The summed E-state index contributed by atoms with van der Waals surface area (Å²) in [5.41, 5.74) is 3.18. The molecular weight excluding hydrogens is 404 g/mol. The van der Waals surface area contributed by atoms with Gasteiger partial charge in [0.15, 0.2) is 23.0 Å². The number of carbonyl (C=O) groups is 1. The zero-order chi connectivity index (χ0) is 18.5. The van der Waals surface area contributed by atoms with Gasteiger partial charge in [-0.15, -0.1) is 0 Å². The standard InChI is InChI=1S/C18H17BrN2O5/c1-23-15-8-11(7-12(19)17(15)24-2)9-20-21-18(22)16-10-25-13-5-3-4-6-14(13)26-16/h3-9,16H,10H2,1-2H3,(H,21,22)/b20-9-/t16-/m0/s1. The second-order valence-corrected chi connectivity index (χ2v) is 6.19. The van der Waals surface area contributed by atoms with Gasteiger partial charge in [0, 0.05) is 0 Å². The lowest BCUT2D eigenvalue weighted by Crippen LogP contribution is -2.42. The van der Waals surface area contributed by atoms with Crippen LogP contribution in [-0.4, -0.2) is 39.1 Å². The van der Waals surface area contributed by atoms with E-state index in [2.05, 4.69) is 26.5 Å². The van der Waals surface area contributed by atoms with Gasteiger partial charge in [-0.2, -0.15) is 5.10 Å². The summed E-state index contributed by atoms with van der Waals surface area (Å²) < 4.78 is 22.4. The van der Waals surface area contributed by atoms with Crippen molar-refractivity contribution in [2.24, 2.45) is 5.10 Å². The van der Waals surface area contributed by atoms with E-state index in [0.717, 1.165) is 5.56 Å². The average molecular weight is 421 g/mol. The SMILES string of the molecule is COc1cc(/C=N\NC(=O)[C@@H]2COc3ccccc3O2)cc(Br)c1OC. The molecule has 1 N–H and O–H groups in total. The largest absolute Gasteiger partial charge is 0.493 e. The first kappa shape index (κ1) is 18.1. The van der Waals surface area contributed by atoms with Gasteiger partial charge in [0.1, 0.15) is 6.61 Å². The number of fused-ring (bicyclic) bond motifs is 1. The van der Waals surface area contributed by atoms with Crippen LogP contribution in [0.15, 0.2) is 46.0 Å². The molecule has 0 radical (unpaired) electrons. The van der Waals surface area contributed by atoms with Gasteiger partial charge in [0.05, 0.1) is 24.9 Å². The predicted octanol–water partition coefficient (Wildman–Crippen LogP) is 2.76. The smallest absolute Gasteiger partial charge is 0.284 e. The first-order chi connectivity index (χ1) is 12.6. The number of hydrogen-bond donors (Lipinski definition) is 1. The maximum atomic E-state index is 12.2. The van der Waals surface area contributed by atoms with E-state index < -0.39 is 12.0 Å². The molecule has 0 saturated heterocycles. The van der Waals surface area contributed by atoms with Crippen LogP contribution in [0.5, 0.6) is 23.0 Å². The highest BCUT2D eigenvalue weighted by atomic mass is 79.9. The normalized spacial score (nSPS) is 15.6. The number of ether oxygens (including phenoxy) is 4. The van der Waals surface area contributed by atoms with Crippen molar-refractivity contribution in [2.45, 2.75) is 6.10 Å². The van der Waals surface area contributed by atoms with Gasteiger partial charge in [0.25, 0.3) is 5.91 Å². The molecule has 0 fully saturated rings. The summed E-state index contributed by atoms with van der Waals surface area (Å²) in [4.78, 5) is 12.2. The van der Waals surface area contributed by atoms with Crippen molar-refractivity contribution < 1.29 is 23.7 Å². The van der Waals surface area contributed by atoms with Crippen LogP contribution in [0.2, 0.25) is 0 Å². The molecule has 1 atom stereocenters. The Balaban J connectivity index is 1.64. The van der Waals surface area contributed by atoms with Crippen LogP contribution < -0.4 is 24.4 Å². The van der Waals surface area contributed by atoms with Crippen molar-refractivity contribution in [3.05, 3.63) is 46.4 Å². The van der Waals surface area contributed by atoms with Gasteiger partial charge < -0.3 is 18.9 Å². The fourth-order valence-electron chi connectivity index (χ4n) is 2.40. The van der Waals surface area contributed by atoms with Crippen molar-refractivity contribution in [3.8, 4) is 23.0 Å². The van der Waals surface area contributed by atoms with Gasteiger partial charge in [-0.3, -0.25) is 4.79 Å². The third kappa shape index (κ3) is 3.91. The minimum Gasteiger partial charge on any atom is -0.493 e. The van der Waals surface area contributed by atoms with Crippen molar-refractivity contribution in [2.75, 3.05) is 20.8 Å². The molecule has 0 aliphatic carbocycles. The van der Waals surface area contributed by atoms with Gasteiger partial charge in [-0.1, -0.05) is 12.1 Å². The van der Waals surface area contributed by atoms with Gasteiger partial charge in [0.2, 0.25) is 6.10 Å². The van der Waals surface area contributed by atoms with Crippen LogP contribution in [0, 0.1) is 0 Å². The maximum Gasteiger partial charge on any atom is 0.284 e. The summed E-state index contributed by atoms with van der Waals surface area (Å²) in [6, 6.07) is 10.7. The van der Waals surface area contributed by atoms with Crippen LogP contribution in [0.25, 0.3) is 0 Å². The molecule has 2 aromatic carbocycles. The minimum atomic E-state index is -0.765. The Bertz CT molecular complexity index is 840. The number of methoxy groups -OCH3 is 2. The number of amides is 1. The Kier molecular flexibility index (Phi) is 5.62. The molecule has 1 aliphatic rings. The van der Waals surface area contributed by atoms with E-state index in [1.165, 1.54) is 6.21 Å². The Morgan fingerprint density at radius 2 is 2.04 bits per heavy atom. The number of rotatable bonds is 5. The molecule has 136 valence electrons.